The first kappa shape index (κ1) is 33.5. The van der Waals surface area contributed by atoms with Gasteiger partial charge in [-0.2, -0.15) is 0 Å². The van der Waals surface area contributed by atoms with E-state index in [9.17, 15) is 18.0 Å². The average Bonchev–Trinajstić information content (AvgIpc) is 3.02. The molecule has 0 spiro atoms. The van der Waals surface area contributed by atoms with Gasteiger partial charge in [-0.25, -0.2) is 8.42 Å². The molecule has 236 valence electrons. The van der Waals surface area contributed by atoms with Crippen molar-refractivity contribution in [1.82, 2.24) is 10.2 Å². The summed E-state index contributed by atoms with van der Waals surface area (Å²) in [5.74, 6) is -0.784. The third-order valence-corrected chi connectivity index (χ3v) is 9.40. The number of carbonyl (C=O) groups excluding carboxylic acids is 2. The van der Waals surface area contributed by atoms with Gasteiger partial charge in [0.25, 0.3) is 10.0 Å². The van der Waals surface area contributed by atoms with Crippen LogP contribution in [0.1, 0.15) is 49.9 Å². The summed E-state index contributed by atoms with van der Waals surface area (Å²) in [4.78, 5) is 30.3. The van der Waals surface area contributed by atoms with Gasteiger partial charge in [-0.3, -0.25) is 13.9 Å². The van der Waals surface area contributed by atoms with Gasteiger partial charge < -0.3 is 10.2 Å². The summed E-state index contributed by atoms with van der Waals surface area (Å²) in [6, 6.07) is 31.7. The van der Waals surface area contributed by atoms with E-state index in [2.05, 4.69) is 5.32 Å². The number of carbonyl (C=O) groups is 2. The Morgan fingerprint density at radius 3 is 1.93 bits per heavy atom. The van der Waals surface area contributed by atoms with Crippen LogP contribution in [0.15, 0.2) is 114 Å². The maximum absolute atomic E-state index is 14.7. The lowest BCUT2D eigenvalue weighted by molar-refractivity contribution is -0.140. The Bertz CT molecular complexity index is 1700. The molecule has 0 unspecified atom stereocenters. The van der Waals surface area contributed by atoms with Crippen LogP contribution >= 0.6 is 0 Å². The molecule has 8 heteroatoms. The van der Waals surface area contributed by atoms with E-state index in [0.717, 1.165) is 22.3 Å². The molecule has 1 atom stereocenters. The molecule has 2 amide bonds. The molecule has 4 aromatic carbocycles. The van der Waals surface area contributed by atoms with E-state index in [1.165, 1.54) is 16.4 Å². The zero-order valence-electron chi connectivity index (χ0n) is 26.7. The molecule has 0 fully saturated rings. The molecule has 0 saturated carbocycles. The summed E-state index contributed by atoms with van der Waals surface area (Å²) in [5.41, 5.74) is 3.41. The quantitative estimate of drug-likeness (QED) is 0.200. The van der Waals surface area contributed by atoms with Crippen LogP contribution in [0.2, 0.25) is 0 Å². The highest BCUT2D eigenvalue weighted by molar-refractivity contribution is 7.92. The predicted molar refractivity (Wildman–Crippen MR) is 180 cm³/mol. The third-order valence-electron chi connectivity index (χ3n) is 7.62. The van der Waals surface area contributed by atoms with Crippen molar-refractivity contribution in [2.75, 3.05) is 10.8 Å². The van der Waals surface area contributed by atoms with Crippen molar-refractivity contribution in [2.24, 2.45) is 0 Å². The molecule has 0 heterocycles. The molecule has 0 aliphatic heterocycles. The molecule has 1 N–H and O–H groups in total. The van der Waals surface area contributed by atoms with E-state index in [1.807, 2.05) is 101 Å². The highest BCUT2D eigenvalue weighted by Crippen LogP contribution is 2.28. The van der Waals surface area contributed by atoms with Gasteiger partial charge in [0.15, 0.2) is 0 Å². The number of para-hydroxylation sites is 1. The predicted octanol–water partition coefficient (Wildman–Crippen LogP) is 6.31. The second-order valence-electron chi connectivity index (χ2n) is 12.2. The van der Waals surface area contributed by atoms with Crippen molar-refractivity contribution in [2.45, 2.75) is 70.5 Å². The summed E-state index contributed by atoms with van der Waals surface area (Å²) in [6.07, 6.45) is 0.833. The second kappa shape index (κ2) is 14.6. The molecule has 0 saturated heterocycles. The Kier molecular flexibility index (Phi) is 10.8. The minimum atomic E-state index is -4.14. The first-order valence-corrected chi connectivity index (χ1v) is 16.7. The number of benzene rings is 4. The van der Waals surface area contributed by atoms with Crippen molar-refractivity contribution in [3.05, 3.63) is 131 Å². The molecule has 0 aliphatic rings. The summed E-state index contributed by atoms with van der Waals surface area (Å²) >= 11 is 0. The maximum Gasteiger partial charge on any atom is 0.264 e. The number of nitrogens with zero attached hydrogens (tertiary/aromatic N) is 2. The van der Waals surface area contributed by atoms with Gasteiger partial charge in [0.05, 0.1) is 10.6 Å². The average molecular weight is 626 g/mol. The van der Waals surface area contributed by atoms with Crippen LogP contribution in [0.4, 0.5) is 5.69 Å². The molecule has 0 aliphatic carbocycles. The Hall–Kier alpha value is -4.43. The number of anilines is 1. The van der Waals surface area contributed by atoms with Gasteiger partial charge in [-0.05, 0) is 74.6 Å². The van der Waals surface area contributed by atoms with Crippen molar-refractivity contribution < 1.29 is 18.0 Å². The number of rotatable bonds is 12. The van der Waals surface area contributed by atoms with E-state index >= 15 is 0 Å². The monoisotopic (exact) mass is 625 g/mol. The van der Waals surface area contributed by atoms with E-state index in [-0.39, 0.29) is 23.8 Å². The van der Waals surface area contributed by atoms with Gasteiger partial charge in [-0.1, -0.05) is 97.9 Å². The lowest BCUT2D eigenvalue weighted by atomic mass is 10.00. The highest BCUT2D eigenvalue weighted by atomic mass is 32.2. The minimum absolute atomic E-state index is 0.0838. The molecule has 45 heavy (non-hydrogen) atoms. The molecular weight excluding hydrogens is 582 g/mol. The SMILES string of the molecule is CCc1ccccc1N(CC(=O)N(Cc1ccccc1C)[C@@H](Cc1ccccc1)C(=O)NC(C)(C)C)S(=O)(=O)c1ccccc1. The fourth-order valence-electron chi connectivity index (χ4n) is 5.26. The highest BCUT2D eigenvalue weighted by Gasteiger charge is 2.36. The number of sulfonamides is 1. The zero-order valence-corrected chi connectivity index (χ0v) is 27.6. The minimum Gasteiger partial charge on any atom is -0.350 e. The lowest BCUT2D eigenvalue weighted by Gasteiger charge is -2.36. The van der Waals surface area contributed by atoms with E-state index < -0.39 is 34.1 Å². The van der Waals surface area contributed by atoms with Crippen molar-refractivity contribution in [1.29, 1.82) is 0 Å². The number of amides is 2. The van der Waals surface area contributed by atoms with Crippen LogP contribution in [0.5, 0.6) is 0 Å². The molecule has 4 aromatic rings. The summed E-state index contributed by atoms with van der Waals surface area (Å²) in [7, 11) is -4.14. The number of aryl methyl sites for hydroxylation is 2. The van der Waals surface area contributed by atoms with Crippen LogP contribution in [0.3, 0.4) is 0 Å². The zero-order chi connectivity index (χ0) is 32.6. The molecule has 0 aromatic heterocycles. The fourth-order valence-corrected chi connectivity index (χ4v) is 6.74. The Morgan fingerprint density at radius 1 is 0.778 bits per heavy atom. The number of nitrogens with one attached hydrogen (secondary N) is 1. The molecule has 0 bridgehead atoms. The van der Waals surface area contributed by atoms with Gasteiger partial charge in [0.1, 0.15) is 12.6 Å². The van der Waals surface area contributed by atoms with Gasteiger partial charge in [0, 0.05) is 18.5 Å². The van der Waals surface area contributed by atoms with Crippen molar-refractivity contribution in [3.8, 4) is 0 Å². The standard InChI is InChI=1S/C37H43N3O4S/c1-6-30-20-15-16-24-33(30)40(45(43,44)32-22-11-8-12-23-32)27-35(41)39(26-31-21-14-13-17-28(31)2)34(36(42)38-37(3,4)5)25-29-18-9-7-10-19-29/h7-24,34H,6,25-27H2,1-5H3,(H,38,42)/t34-/m0/s1. The van der Waals surface area contributed by atoms with Crippen molar-refractivity contribution in [3.63, 3.8) is 0 Å². The van der Waals surface area contributed by atoms with E-state index in [1.54, 1.807) is 35.2 Å². The molecule has 4 rings (SSSR count). The lowest BCUT2D eigenvalue weighted by Crippen LogP contribution is -2.56. The van der Waals surface area contributed by atoms with Crippen LogP contribution < -0.4 is 9.62 Å². The number of hydrogen-bond acceptors (Lipinski definition) is 4. The Morgan fingerprint density at radius 2 is 1.33 bits per heavy atom. The van der Waals surface area contributed by atoms with E-state index in [0.29, 0.717) is 12.1 Å². The Balaban J connectivity index is 1.85. The van der Waals surface area contributed by atoms with Crippen LogP contribution in [0, 0.1) is 6.92 Å². The first-order valence-electron chi connectivity index (χ1n) is 15.3. The van der Waals surface area contributed by atoms with Gasteiger partial charge in [0.2, 0.25) is 11.8 Å². The second-order valence-corrected chi connectivity index (χ2v) is 14.1. The number of hydrogen-bond donors (Lipinski definition) is 1. The summed E-state index contributed by atoms with van der Waals surface area (Å²) < 4.78 is 29.6. The summed E-state index contributed by atoms with van der Waals surface area (Å²) in [5, 5.41) is 3.07. The van der Waals surface area contributed by atoms with Gasteiger partial charge >= 0.3 is 0 Å². The van der Waals surface area contributed by atoms with Crippen LogP contribution in [-0.4, -0.2) is 43.3 Å². The smallest absolute Gasteiger partial charge is 0.264 e. The van der Waals surface area contributed by atoms with Crippen molar-refractivity contribution >= 4 is 27.5 Å². The largest absolute Gasteiger partial charge is 0.350 e. The Labute approximate surface area is 268 Å². The fraction of sp³-hybridized carbons (Fsp3) is 0.297. The molecule has 7 nitrogen and oxygen atoms in total. The van der Waals surface area contributed by atoms with Crippen LogP contribution in [0.25, 0.3) is 0 Å². The first-order chi connectivity index (χ1) is 21.4. The normalized spacial score (nSPS) is 12.3. The topological polar surface area (TPSA) is 86.8 Å². The maximum atomic E-state index is 14.7. The van der Waals surface area contributed by atoms with Crippen LogP contribution in [-0.2, 0) is 39.0 Å². The molecular formula is C37H43N3O4S. The third kappa shape index (κ3) is 8.60. The van der Waals surface area contributed by atoms with E-state index in [4.69, 9.17) is 0 Å². The summed E-state index contributed by atoms with van der Waals surface area (Å²) in [6.45, 7) is 9.26. The van der Waals surface area contributed by atoms with Gasteiger partial charge in [-0.15, -0.1) is 0 Å². The molecule has 0 radical (unpaired) electrons.